The molecule has 3 rings (SSSR count). The molecule has 0 saturated heterocycles. The number of carbonyl (C=O) groups is 1. The summed E-state index contributed by atoms with van der Waals surface area (Å²) in [5.74, 6) is 0.473. The highest BCUT2D eigenvalue weighted by Gasteiger charge is 2.33. The summed E-state index contributed by atoms with van der Waals surface area (Å²) in [6.07, 6.45) is 2.62. The molecule has 1 heterocycles. The smallest absolute Gasteiger partial charge is 0.311 e. The first-order valence-electron chi connectivity index (χ1n) is 8.20. The molecule has 0 spiro atoms. The summed E-state index contributed by atoms with van der Waals surface area (Å²) < 4.78 is 5.59. The zero-order valence-corrected chi connectivity index (χ0v) is 13.9. The van der Waals surface area contributed by atoms with Crippen LogP contribution < -0.4 is 4.74 Å². The SMILES string of the molecule is CC(C)(O)CCN1Cc2cc([N+](=O)[O-])c(OCC3CC3)cc2C1=O. The molecule has 1 fully saturated rings. The summed E-state index contributed by atoms with van der Waals surface area (Å²) in [5.41, 5.74) is 0.148. The molecule has 1 aliphatic heterocycles. The van der Waals surface area contributed by atoms with E-state index in [1.807, 2.05) is 0 Å². The van der Waals surface area contributed by atoms with Gasteiger partial charge < -0.3 is 14.7 Å². The minimum Gasteiger partial charge on any atom is -0.487 e. The van der Waals surface area contributed by atoms with Crippen LogP contribution in [0.4, 0.5) is 5.69 Å². The van der Waals surface area contributed by atoms with Crippen molar-refractivity contribution >= 4 is 11.6 Å². The lowest BCUT2D eigenvalue weighted by Crippen LogP contribution is -2.31. The molecule has 0 atom stereocenters. The fourth-order valence-electron chi connectivity index (χ4n) is 2.73. The van der Waals surface area contributed by atoms with Crippen LogP contribution in [-0.2, 0) is 6.54 Å². The van der Waals surface area contributed by atoms with Gasteiger partial charge in [-0.1, -0.05) is 0 Å². The molecule has 0 unspecified atom stereocenters. The van der Waals surface area contributed by atoms with E-state index in [9.17, 15) is 20.0 Å². The molecule has 0 radical (unpaired) electrons. The van der Waals surface area contributed by atoms with Crippen LogP contribution in [0.1, 0.15) is 49.0 Å². The molecule has 24 heavy (non-hydrogen) atoms. The van der Waals surface area contributed by atoms with Gasteiger partial charge in [0.1, 0.15) is 0 Å². The highest BCUT2D eigenvalue weighted by Crippen LogP contribution is 2.37. The number of hydrogen-bond donors (Lipinski definition) is 1. The van der Waals surface area contributed by atoms with Gasteiger partial charge in [-0.2, -0.15) is 0 Å². The van der Waals surface area contributed by atoms with Crippen molar-refractivity contribution in [2.45, 2.75) is 45.3 Å². The second kappa shape index (κ2) is 6.05. The summed E-state index contributed by atoms with van der Waals surface area (Å²) in [5, 5.41) is 21.1. The predicted molar refractivity (Wildman–Crippen MR) is 87.0 cm³/mol. The van der Waals surface area contributed by atoms with Crippen molar-refractivity contribution in [1.29, 1.82) is 0 Å². The predicted octanol–water partition coefficient (Wildman–Crippen LogP) is 2.50. The topological polar surface area (TPSA) is 92.9 Å². The summed E-state index contributed by atoms with van der Waals surface area (Å²) in [7, 11) is 0. The number of hydrogen-bond acceptors (Lipinski definition) is 5. The number of carbonyl (C=O) groups excluding carboxylic acids is 1. The third kappa shape index (κ3) is 3.67. The maximum Gasteiger partial charge on any atom is 0.311 e. The van der Waals surface area contributed by atoms with Gasteiger partial charge in [0.25, 0.3) is 5.91 Å². The van der Waals surface area contributed by atoms with Crippen LogP contribution in [0.2, 0.25) is 0 Å². The van der Waals surface area contributed by atoms with Crippen LogP contribution in [0.15, 0.2) is 12.1 Å². The van der Waals surface area contributed by atoms with Crippen molar-refractivity contribution in [3.8, 4) is 5.75 Å². The summed E-state index contributed by atoms with van der Waals surface area (Å²) in [6, 6.07) is 2.95. The molecule has 1 saturated carbocycles. The molecule has 0 bridgehead atoms. The molecular formula is C17H22N2O5. The van der Waals surface area contributed by atoms with Crippen molar-refractivity contribution in [3.05, 3.63) is 33.4 Å². The van der Waals surface area contributed by atoms with Gasteiger partial charge in [-0.15, -0.1) is 0 Å². The average molecular weight is 334 g/mol. The van der Waals surface area contributed by atoms with Crippen molar-refractivity contribution in [1.82, 2.24) is 4.90 Å². The molecule has 1 aliphatic carbocycles. The Morgan fingerprint density at radius 3 is 2.71 bits per heavy atom. The maximum atomic E-state index is 12.5. The standard InChI is InChI=1S/C17H22N2O5/c1-17(2,21)5-6-18-9-12-7-14(19(22)23)15(8-13(12)16(18)20)24-10-11-3-4-11/h7-8,11,21H,3-6,9-10H2,1-2H3. The van der Waals surface area contributed by atoms with E-state index >= 15 is 0 Å². The van der Waals surface area contributed by atoms with Gasteiger partial charge in [0.15, 0.2) is 5.75 Å². The van der Waals surface area contributed by atoms with E-state index in [0.29, 0.717) is 43.2 Å². The van der Waals surface area contributed by atoms with Gasteiger partial charge in [0.2, 0.25) is 0 Å². The first-order chi connectivity index (χ1) is 11.2. The minimum atomic E-state index is -0.862. The number of fused-ring (bicyclic) bond motifs is 1. The van der Waals surface area contributed by atoms with Gasteiger partial charge >= 0.3 is 5.69 Å². The monoisotopic (exact) mass is 334 g/mol. The Labute approximate surface area is 140 Å². The van der Waals surface area contributed by atoms with E-state index < -0.39 is 10.5 Å². The minimum absolute atomic E-state index is 0.0912. The van der Waals surface area contributed by atoms with Crippen LogP contribution >= 0.6 is 0 Å². The number of nitrogens with zero attached hydrogens (tertiary/aromatic N) is 2. The van der Waals surface area contributed by atoms with Crippen LogP contribution in [0.3, 0.4) is 0 Å². The molecular weight excluding hydrogens is 312 g/mol. The summed E-state index contributed by atoms with van der Waals surface area (Å²) >= 11 is 0. The summed E-state index contributed by atoms with van der Waals surface area (Å²) in [4.78, 5) is 25.0. The maximum absolute atomic E-state index is 12.5. The third-order valence-electron chi connectivity index (χ3n) is 4.43. The van der Waals surface area contributed by atoms with Crippen LogP contribution in [0.25, 0.3) is 0 Å². The Balaban J connectivity index is 1.80. The van der Waals surface area contributed by atoms with E-state index in [0.717, 1.165) is 12.8 Å². The third-order valence-corrected chi connectivity index (χ3v) is 4.43. The molecule has 7 nitrogen and oxygen atoms in total. The number of nitro groups is 1. The molecule has 2 aliphatic rings. The zero-order chi connectivity index (χ0) is 17.5. The Morgan fingerprint density at radius 2 is 2.12 bits per heavy atom. The quantitative estimate of drug-likeness (QED) is 0.611. The van der Waals surface area contributed by atoms with E-state index in [4.69, 9.17) is 4.74 Å². The van der Waals surface area contributed by atoms with Crippen molar-refractivity contribution in [2.24, 2.45) is 5.92 Å². The van der Waals surface area contributed by atoms with E-state index in [1.165, 1.54) is 12.1 Å². The Morgan fingerprint density at radius 1 is 1.42 bits per heavy atom. The van der Waals surface area contributed by atoms with Gasteiger partial charge in [0.05, 0.1) is 17.1 Å². The fraction of sp³-hybridized carbons (Fsp3) is 0.588. The number of rotatable bonds is 7. The van der Waals surface area contributed by atoms with Gasteiger partial charge in [-0.25, -0.2) is 0 Å². The molecule has 1 aromatic carbocycles. The molecule has 0 aromatic heterocycles. The zero-order valence-electron chi connectivity index (χ0n) is 13.9. The second-order valence-corrected chi connectivity index (χ2v) is 7.28. The van der Waals surface area contributed by atoms with Gasteiger partial charge in [-0.3, -0.25) is 14.9 Å². The first-order valence-corrected chi connectivity index (χ1v) is 8.20. The van der Waals surface area contributed by atoms with Crippen molar-refractivity contribution < 1.29 is 19.6 Å². The van der Waals surface area contributed by atoms with Crippen LogP contribution in [0, 0.1) is 16.0 Å². The van der Waals surface area contributed by atoms with Crippen LogP contribution in [-0.4, -0.2) is 39.6 Å². The lowest BCUT2D eigenvalue weighted by Gasteiger charge is -2.22. The Bertz CT molecular complexity index is 676. The van der Waals surface area contributed by atoms with E-state index in [2.05, 4.69) is 0 Å². The first kappa shape index (κ1) is 16.7. The highest BCUT2D eigenvalue weighted by molar-refractivity contribution is 5.99. The normalized spacial score (nSPS) is 17.1. The van der Waals surface area contributed by atoms with Crippen molar-refractivity contribution in [2.75, 3.05) is 13.2 Å². The molecule has 130 valence electrons. The largest absolute Gasteiger partial charge is 0.487 e. The number of nitro benzene ring substituents is 1. The lowest BCUT2D eigenvalue weighted by molar-refractivity contribution is -0.385. The molecule has 1 N–H and O–H groups in total. The van der Waals surface area contributed by atoms with E-state index in [-0.39, 0.29) is 17.3 Å². The molecule has 1 amide bonds. The number of amides is 1. The Kier molecular flexibility index (Phi) is 4.21. The molecule has 7 heteroatoms. The second-order valence-electron chi connectivity index (χ2n) is 7.28. The van der Waals surface area contributed by atoms with Gasteiger partial charge in [-0.05, 0) is 44.6 Å². The fourth-order valence-corrected chi connectivity index (χ4v) is 2.73. The van der Waals surface area contributed by atoms with E-state index in [1.54, 1.807) is 18.7 Å². The van der Waals surface area contributed by atoms with Crippen LogP contribution in [0.5, 0.6) is 5.75 Å². The number of ether oxygens (including phenoxy) is 1. The Hall–Kier alpha value is -2.15. The van der Waals surface area contributed by atoms with Crippen molar-refractivity contribution in [3.63, 3.8) is 0 Å². The molecule has 1 aromatic rings. The lowest BCUT2D eigenvalue weighted by atomic mass is 10.1. The summed E-state index contributed by atoms with van der Waals surface area (Å²) in [6.45, 7) is 4.57. The van der Waals surface area contributed by atoms with Gasteiger partial charge in [0, 0.05) is 30.8 Å². The highest BCUT2D eigenvalue weighted by atomic mass is 16.6. The number of aliphatic hydroxyl groups is 1. The average Bonchev–Trinajstić information content (AvgIpc) is 3.27. The number of benzene rings is 1.